The quantitative estimate of drug-likeness (QED) is 0.573. The average Bonchev–Trinajstić information content (AvgIpc) is 2.67. The molecule has 0 amide bonds. The topological polar surface area (TPSA) is 65.6 Å². The minimum absolute atomic E-state index is 0.132. The maximum absolute atomic E-state index is 11.3. The number of aromatic amines is 1. The minimum atomic E-state index is -0.625. The van der Waals surface area contributed by atoms with Gasteiger partial charge in [-0.25, -0.2) is 0 Å². The van der Waals surface area contributed by atoms with Gasteiger partial charge in [-0.15, -0.1) is 6.58 Å². The molecule has 5 heteroatoms. The van der Waals surface area contributed by atoms with Crippen LogP contribution >= 0.6 is 0 Å². The van der Waals surface area contributed by atoms with Crippen LogP contribution in [0, 0.1) is 0 Å². The molecule has 1 unspecified atom stereocenters. The normalized spacial score (nSPS) is 12.2. The number of fused-ring (bicyclic) bond motifs is 1. The van der Waals surface area contributed by atoms with E-state index >= 15 is 0 Å². The van der Waals surface area contributed by atoms with E-state index in [1.165, 1.54) is 11.6 Å². The zero-order valence-corrected chi connectivity index (χ0v) is 15.2. The lowest BCUT2D eigenvalue weighted by molar-refractivity contribution is 0.0697. The van der Waals surface area contributed by atoms with Crippen molar-refractivity contribution in [3.05, 3.63) is 89.2 Å². The third-order valence-corrected chi connectivity index (χ3v) is 4.24. The molecule has 1 heterocycles. The number of hydrogen-bond acceptors (Lipinski definition) is 4. The van der Waals surface area contributed by atoms with Gasteiger partial charge in [0.2, 0.25) is 5.56 Å². The van der Waals surface area contributed by atoms with Crippen molar-refractivity contribution in [3.63, 3.8) is 0 Å². The monoisotopic (exact) mass is 364 g/mol. The lowest BCUT2D eigenvalue weighted by Crippen LogP contribution is -2.35. The van der Waals surface area contributed by atoms with Gasteiger partial charge in [-0.2, -0.15) is 0 Å². The van der Waals surface area contributed by atoms with Crippen molar-refractivity contribution in [1.29, 1.82) is 0 Å². The van der Waals surface area contributed by atoms with E-state index in [4.69, 9.17) is 4.74 Å². The average molecular weight is 364 g/mol. The zero-order chi connectivity index (χ0) is 19.1. The van der Waals surface area contributed by atoms with E-state index in [0.717, 1.165) is 17.4 Å². The highest BCUT2D eigenvalue weighted by molar-refractivity contribution is 5.79. The van der Waals surface area contributed by atoms with Crippen LogP contribution in [0.2, 0.25) is 0 Å². The van der Waals surface area contributed by atoms with Gasteiger partial charge in [0.1, 0.15) is 18.5 Å². The summed E-state index contributed by atoms with van der Waals surface area (Å²) >= 11 is 0. The molecule has 0 aliphatic rings. The maximum Gasteiger partial charge on any atom is 0.248 e. The minimum Gasteiger partial charge on any atom is -0.491 e. The van der Waals surface area contributed by atoms with Crippen molar-refractivity contribution in [1.82, 2.24) is 9.88 Å². The van der Waals surface area contributed by atoms with E-state index in [1.54, 1.807) is 18.2 Å². The Hall–Kier alpha value is -2.89. The van der Waals surface area contributed by atoms with E-state index < -0.39 is 6.10 Å². The highest BCUT2D eigenvalue weighted by Gasteiger charge is 2.12. The highest BCUT2D eigenvalue weighted by Crippen LogP contribution is 2.18. The molecule has 2 aromatic carbocycles. The van der Waals surface area contributed by atoms with Crippen molar-refractivity contribution in [2.75, 3.05) is 19.7 Å². The van der Waals surface area contributed by atoms with Crippen LogP contribution in [0.15, 0.2) is 78.1 Å². The highest BCUT2D eigenvalue weighted by atomic mass is 16.5. The molecule has 0 radical (unpaired) electrons. The first kappa shape index (κ1) is 18.9. The van der Waals surface area contributed by atoms with Gasteiger partial charge in [0.15, 0.2) is 0 Å². The fourth-order valence-corrected chi connectivity index (χ4v) is 2.99. The summed E-state index contributed by atoms with van der Waals surface area (Å²) in [6, 6.07) is 18.8. The molecule has 27 heavy (non-hydrogen) atoms. The van der Waals surface area contributed by atoms with Crippen LogP contribution in [-0.2, 0) is 6.54 Å². The van der Waals surface area contributed by atoms with Gasteiger partial charge in [-0.3, -0.25) is 9.69 Å². The zero-order valence-electron chi connectivity index (χ0n) is 15.2. The summed E-state index contributed by atoms with van der Waals surface area (Å²) in [4.78, 5) is 16.2. The van der Waals surface area contributed by atoms with Crippen molar-refractivity contribution in [3.8, 4) is 5.75 Å². The number of aromatic nitrogens is 1. The first-order valence-corrected chi connectivity index (χ1v) is 8.95. The molecule has 0 saturated heterocycles. The summed E-state index contributed by atoms with van der Waals surface area (Å²) in [5.41, 5.74) is 1.82. The number of aliphatic hydroxyl groups excluding tert-OH is 1. The molecule has 0 fully saturated rings. The number of nitrogens with zero attached hydrogens (tertiary/aromatic N) is 1. The van der Waals surface area contributed by atoms with E-state index in [-0.39, 0.29) is 12.2 Å². The number of benzene rings is 2. The SMILES string of the molecule is C=CCN(Cc1ccccc1)CC(O)COc1ccc2[nH]c(=O)ccc2c1. The second-order valence-electron chi connectivity index (χ2n) is 6.50. The largest absolute Gasteiger partial charge is 0.491 e. The molecule has 2 N–H and O–H groups in total. The molecule has 1 aromatic heterocycles. The fourth-order valence-electron chi connectivity index (χ4n) is 2.99. The van der Waals surface area contributed by atoms with Gasteiger partial charge in [0.25, 0.3) is 0 Å². The maximum atomic E-state index is 11.3. The molecule has 0 spiro atoms. The third-order valence-electron chi connectivity index (χ3n) is 4.24. The van der Waals surface area contributed by atoms with Gasteiger partial charge < -0.3 is 14.8 Å². The Kier molecular flexibility index (Phi) is 6.41. The summed E-state index contributed by atoms with van der Waals surface area (Å²) < 4.78 is 5.74. The number of nitrogens with one attached hydrogen (secondary N) is 1. The number of rotatable bonds is 9. The number of pyridine rings is 1. The van der Waals surface area contributed by atoms with Crippen LogP contribution in [0.4, 0.5) is 0 Å². The first-order chi connectivity index (χ1) is 13.1. The number of hydrogen-bond donors (Lipinski definition) is 2. The van der Waals surface area contributed by atoms with E-state index in [0.29, 0.717) is 18.8 Å². The first-order valence-electron chi connectivity index (χ1n) is 8.95. The summed E-state index contributed by atoms with van der Waals surface area (Å²) in [7, 11) is 0. The van der Waals surface area contributed by atoms with E-state index in [1.807, 2.05) is 30.3 Å². The molecule has 3 rings (SSSR count). The van der Waals surface area contributed by atoms with E-state index in [2.05, 4.69) is 28.6 Å². The standard InChI is InChI=1S/C22H24N2O3/c1-2-12-24(14-17-6-4-3-5-7-17)15-19(25)16-27-20-9-10-21-18(13-20)8-11-22(26)23-21/h2-11,13,19,25H,1,12,14-16H2,(H,23,26). The molecular weight excluding hydrogens is 340 g/mol. The predicted octanol–water partition coefficient (Wildman–Crippen LogP) is 2.96. The second-order valence-corrected chi connectivity index (χ2v) is 6.50. The smallest absolute Gasteiger partial charge is 0.248 e. The summed E-state index contributed by atoms with van der Waals surface area (Å²) in [6.07, 6.45) is 1.21. The molecule has 5 nitrogen and oxygen atoms in total. The molecule has 140 valence electrons. The predicted molar refractivity (Wildman–Crippen MR) is 108 cm³/mol. The van der Waals surface area contributed by atoms with Crippen molar-refractivity contribution in [2.45, 2.75) is 12.6 Å². The van der Waals surface area contributed by atoms with Gasteiger partial charge in [-0.05, 0) is 29.8 Å². The molecule has 3 aromatic rings. The van der Waals surface area contributed by atoms with Crippen LogP contribution in [0.1, 0.15) is 5.56 Å². The number of ether oxygens (including phenoxy) is 1. The Bertz CT molecular complexity index is 937. The molecule has 1 atom stereocenters. The van der Waals surface area contributed by atoms with Gasteiger partial charge in [0.05, 0.1) is 0 Å². The Morgan fingerprint density at radius 1 is 1.15 bits per heavy atom. The van der Waals surface area contributed by atoms with Gasteiger partial charge in [-0.1, -0.05) is 36.4 Å². The van der Waals surface area contributed by atoms with Crippen LogP contribution < -0.4 is 10.3 Å². The molecule has 0 aliphatic heterocycles. The van der Waals surface area contributed by atoms with Crippen LogP contribution in [0.25, 0.3) is 10.9 Å². The van der Waals surface area contributed by atoms with Gasteiger partial charge in [0, 0.05) is 36.6 Å². The fraction of sp³-hybridized carbons (Fsp3) is 0.227. The van der Waals surface area contributed by atoms with Crippen LogP contribution in [0.5, 0.6) is 5.75 Å². The molecule has 0 saturated carbocycles. The number of H-pyrrole nitrogens is 1. The van der Waals surface area contributed by atoms with Crippen LogP contribution in [-0.4, -0.2) is 40.8 Å². The Balaban J connectivity index is 1.57. The second kappa shape index (κ2) is 9.16. The summed E-state index contributed by atoms with van der Waals surface area (Å²) in [5, 5.41) is 11.3. The Labute approximate surface area is 158 Å². The van der Waals surface area contributed by atoms with E-state index in [9.17, 15) is 9.90 Å². The van der Waals surface area contributed by atoms with Gasteiger partial charge >= 0.3 is 0 Å². The Morgan fingerprint density at radius 2 is 1.96 bits per heavy atom. The van der Waals surface area contributed by atoms with Crippen LogP contribution in [0.3, 0.4) is 0 Å². The lowest BCUT2D eigenvalue weighted by Gasteiger charge is -2.24. The third kappa shape index (κ3) is 5.54. The lowest BCUT2D eigenvalue weighted by atomic mass is 10.2. The number of aliphatic hydroxyl groups is 1. The molecule has 0 bridgehead atoms. The Morgan fingerprint density at radius 3 is 2.74 bits per heavy atom. The van der Waals surface area contributed by atoms with Crippen molar-refractivity contribution in [2.24, 2.45) is 0 Å². The molecule has 0 aliphatic carbocycles. The van der Waals surface area contributed by atoms with Crippen molar-refractivity contribution >= 4 is 10.9 Å². The summed E-state index contributed by atoms with van der Waals surface area (Å²) in [6.45, 7) is 5.91. The molecular formula is C22H24N2O3. The van der Waals surface area contributed by atoms with Crippen molar-refractivity contribution < 1.29 is 9.84 Å². The summed E-state index contributed by atoms with van der Waals surface area (Å²) in [5.74, 6) is 0.659.